The number of benzene rings is 1. The van der Waals surface area contributed by atoms with Crippen LogP contribution >= 0.6 is 0 Å². The standard InChI is InChI=1S/C10H13O.BrH.Mg/c1-3-5-9-6-4-7-10(8-9)11-2;;/h4,6-8H,1,3,5H2,2H3;1H;/q-1;;+2/p-1. The van der Waals surface area contributed by atoms with E-state index in [4.69, 9.17) is 4.74 Å². The van der Waals surface area contributed by atoms with E-state index in [2.05, 4.69) is 13.0 Å². The van der Waals surface area contributed by atoms with Gasteiger partial charge in [0.05, 0.1) is 7.11 Å². The molecular formula is C10H13BrMgO. The van der Waals surface area contributed by atoms with E-state index >= 15 is 0 Å². The Balaban J connectivity index is 0. The first kappa shape index (κ1) is 15.7. The SMILES string of the molecule is [Br-].[CH2-]CCc1cccc(OC)c1.[Mg+2]. The molecule has 0 unspecified atom stereocenters. The third-order valence-corrected chi connectivity index (χ3v) is 1.60. The van der Waals surface area contributed by atoms with E-state index < -0.39 is 0 Å². The first-order chi connectivity index (χ1) is 5.36. The molecule has 0 N–H and O–H groups in total. The molecule has 1 rings (SSSR count). The first-order valence-corrected chi connectivity index (χ1v) is 3.79. The van der Waals surface area contributed by atoms with Crippen LogP contribution in [0.25, 0.3) is 0 Å². The molecule has 0 aliphatic heterocycles. The maximum absolute atomic E-state index is 5.08. The van der Waals surface area contributed by atoms with Crippen molar-refractivity contribution in [1.82, 2.24) is 0 Å². The number of aryl methyl sites for hydroxylation is 1. The van der Waals surface area contributed by atoms with Gasteiger partial charge in [-0.25, -0.2) is 0 Å². The van der Waals surface area contributed by atoms with Gasteiger partial charge in [0.25, 0.3) is 0 Å². The monoisotopic (exact) mass is 252 g/mol. The zero-order valence-corrected chi connectivity index (χ0v) is 10.9. The third kappa shape index (κ3) is 5.55. The summed E-state index contributed by atoms with van der Waals surface area (Å²) in [5.74, 6) is 0.927. The molecule has 0 amide bonds. The molecule has 1 aromatic rings. The maximum atomic E-state index is 5.08. The van der Waals surface area contributed by atoms with Crippen LogP contribution in [-0.2, 0) is 6.42 Å². The molecular weight excluding hydrogens is 240 g/mol. The van der Waals surface area contributed by atoms with Gasteiger partial charge >= 0.3 is 23.1 Å². The molecule has 1 aromatic carbocycles. The maximum Gasteiger partial charge on any atom is 2.00 e. The van der Waals surface area contributed by atoms with Crippen LogP contribution in [0, 0.1) is 6.92 Å². The average Bonchev–Trinajstić information content (AvgIpc) is 2.06. The van der Waals surface area contributed by atoms with Gasteiger partial charge in [0.2, 0.25) is 0 Å². The van der Waals surface area contributed by atoms with Gasteiger partial charge in [-0.1, -0.05) is 18.6 Å². The number of hydrogen-bond donors (Lipinski definition) is 0. The Bertz CT molecular complexity index is 228. The molecule has 3 heteroatoms. The zero-order valence-electron chi connectivity index (χ0n) is 7.92. The fraction of sp³-hybridized carbons (Fsp3) is 0.300. The molecule has 0 aliphatic carbocycles. The Morgan fingerprint density at radius 2 is 2.08 bits per heavy atom. The first-order valence-electron chi connectivity index (χ1n) is 3.79. The summed E-state index contributed by atoms with van der Waals surface area (Å²) in [6.45, 7) is 3.80. The molecule has 68 valence electrons. The molecule has 0 saturated carbocycles. The van der Waals surface area contributed by atoms with Gasteiger partial charge in [0, 0.05) is 0 Å². The van der Waals surface area contributed by atoms with E-state index in [1.807, 2.05) is 18.2 Å². The van der Waals surface area contributed by atoms with Crippen molar-refractivity contribution >= 4 is 23.1 Å². The summed E-state index contributed by atoms with van der Waals surface area (Å²) in [5.41, 5.74) is 1.29. The van der Waals surface area contributed by atoms with Crippen molar-refractivity contribution in [3.05, 3.63) is 36.8 Å². The average molecular weight is 253 g/mol. The van der Waals surface area contributed by atoms with E-state index in [0.29, 0.717) is 0 Å². The largest absolute Gasteiger partial charge is 2.00 e. The molecule has 0 heterocycles. The summed E-state index contributed by atoms with van der Waals surface area (Å²) in [6, 6.07) is 8.09. The van der Waals surface area contributed by atoms with Crippen LogP contribution in [0.3, 0.4) is 0 Å². The molecule has 0 radical (unpaired) electrons. The quantitative estimate of drug-likeness (QED) is 0.500. The van der Waals surface area contributed by atoms with E-state index in [0.717, 1.165) is 18.6 Å². The van der Waals surface area contributed by atoms with Gasteiger partial charge in [-0.05, 0) is 17.7 Å². The van der Waals surface area contributed by atoms with Crippen molar-refractivity contribution in [3.63, 3.8) is 0 Å². The molecule has 0 aromatic heterocycles. The molecule has 0 aliphatic rings. The van der Waals surface area contributed by atoms with Crippen molar-refractivity contribution in [3.8, 4) is 5.75 Å². The number of halogens is 1. The molecule has 0 spiro atoms. The van der Waals surface area contributed by atoms with Crippen molar-refractivity contribution in [2.45, 2.75) is 12.8 Å². The van der Waals surface area contributed by atoms with Crippen molar-refractivity contribution in [1.29, 1.82) is 0 Å². The van der Waals surface area contributed by atoms with Crippen molar-refractivity contribution < 1.29 is 21.7 Å². The molecule has 0 atom stereocenters. The Labute approximate surface area is 107 Å². The van der Waals surface area contributed by atoms with Crippen molar-refractivity contribution in [2.75, 3.05) is 7.11 Å². The molecule has 0 bridgehead atoms. The number of methoxy groups -OCH3 is 1. The summed E-state index contributed by atoms with van der Waals surface area (Å²) < 4.78 is 5.08. The number of rotatable bonds is 3. The second kappa shape index (κ2) is 8.85. The smallest absolute Gasteiger partial charge is 1.00 e. The molecule has 13 heavy (non-hydrogen) atoms. The van der Waals surface area contributed by atoms with E-state index in [-0.39, 0.29) is 40.0 Å². The zero-order chi connectivity index (χ0) is 8.10. The summed E-state index contributed by atoms with van der Waals surface area (Å²) in [7, 11) is 1.68. The third-order valence-electron chi connectivity index (χ3n) is 1.60. The van der Waals surface area contributed by atoms with Gasteiger partial charge in [0.1, 0.15) is 5.75 Å². The summed E-state index contributed by atoms with van der Waals surface area (Å²) in [5, 5.41) is 0. The number of ether oxygens (including phenoxy) is 1. The predicted octanol–water partition coefficient (Wildman–Crippen LogP) is -0.915. The summed E-state index contributed by atoms with van der Waals surface area (Å²) in [4.78, 5) is 0. The van der Waals surface area contributed by atoms with Crippen LogP contribution in [-0.4, -0.2) is 30.2 Å². The normalized spacial score (nSPS) is 8.15. The topological polar surface area (TPSA) is 9.23 Å². The van der Waals surface area contributed by atoms with Gasteiger partial charge in [-0.15, -0.1) is 0 Å². The van der Waals surface area contributed by atoms with Crippen LogP contribution < -0.4 is 21.7 Å². The minimum Gasteiger partial charge on any atom is -1.00 e. The van der Waals surface area contributed by atoms with Gasteiger partial charge in [0.15, 0.2) is 0 Å². The summed E-state index contributed by atoms with van der Waals surface area (Å²) >= 11 is 0. The second-order valence-corrected chi connectivity index (χ2v) is 2.46. The fourth-order valence-electron chi connectivity index (χ4n) is 1.03. The van der Waals surface area contributed by atoms with E-state index in [1.54, 1.807) is 7.11 Å². The van der Waals surface area contributed by atoms with Crippen LogP contribution in [0.15, 0.2) is 24.3 Å². The van der Waals surface area contributed by atoms with Crippen molar-refractivity contribution in [2.24, 2.45) is 0 Å². The Morgan fingerprint density at radius 3 is 2.62 bits per heavy atom. The van der Waals surface area contributed by atoms with E-state index in [1.165, 1.54) is 5.56 Å². The second-order valence-electron chi connectivity index (χ2n) is 2.46. The Hall–Kier alpha value is 0.266. The van der Waals surface area contributed by atoms with Gasteiger partial charge < -0.3 is 28.6 Å². The molecule has 0 saturated heterocycles. The fourth-order valence-corrected chi connectivity index (χ4v) is 1.03. The van der Waals surface area contributed by atoms with Crippen LogP contribution in [0.1, 0.15) is 12.0 Å². The van der Waals surface area contributed by atoms with Gasteiger partial charge in [-0.3, -0.25) is 0 Å². The minimum atomic E-state index is 0. The molecule has 1 nitrogen and oxygen atoms in total. The summed E-state index contributed by atoms with van der Waals surface area (Å²) in [6.07, 6.45) is 1.96. The van der Waals surface area contributed by atoms with Crippen LogP contribution in [0.5, 0.6) is 5.75 Å². The Morgan fingerprint density at radius 1 is 1.38 bits per heavy atom. The van der Waals surface area contributed by atoms with Gasteiger partial charge in [-0.2, -0.15) is 6.42 Å². The molecule has 0 fully saturated rings. The number of hydrogen-bond acceptors (Lipinski definition) is 1. The van der Waals surface area contributed by atoms with Crippen LogP contribution in [0.4, 0.5) is 0 Å². The van der Waals surface area contributed by atoms with E-state index in [9.17, 15) is 0 Å². The van der Waals surface area contributed by atoms with Crippen LogP contribution in [0.2, 0.25) is 0 Å². The minimum absolute atomic E-state index is 0. The Kier molecular flexibility index (Phi) is 10.7. The predicted molar refractivity (Wildman–Crippen MR) is 52.4 cm³/mol.